The summed E-state index contributed by atoms with van der Waals surface area (Å²) in [6, 6.07) is 12.6. The maximum absolute atomic E-state index is 12.5. The molecule has 0 aliphatic rings. The van der Waals surface area contributed by atoms with Gasteiger partial charge in [0.2, 0.25) is 11.8 Å². The number of nitrogens with zero attached hydrogens (tertiary/aromatic N) is 1. The van der Waals surface area contributed by atoms with E-state index in [1.807, 2.05) is 20.8 Å². The summed E-state index contributed by atoms with van der Waals surface area (Å²) >= 11 is 5.85. The fraction of sp³-hybridized carbons (Fsp3) is 0.370. The molecule has 0 fully saturated rings. The summed E-state index contributed by atoms with van der Waals surface area (Å²) in [6.45, 7) is 5.35. The van der Waals surface area contributed by atoms with Crippen molar-refractivity contribution < 1.29 is 33.1 Å². The molecule has 0 aromatic heterocycles. The number of rotatable bonds is 9. The summed E-state index contributed by atoms with van der Waals surface area (Å²) in [4.78, 5) is 57.9. The van der Waals surface area contributed by atoms with Gasteiger partial charge in [-0.2, -0.15) is 0 Å². The van der Waals surface area contributed by atoms with Gasteiger partial charge in [-0.25, -0.2) is 9.40 Å². The van der Waals surface area contributed by atoms with Crippen LogP contribution in [0.15, 0.2) is 48.5 Å². The number of nitrogens with two attached hydrogens (primary N) is 2. The number of benzene rings is 2. The molecule has 0 aliphatic heterocycles. The summed E-state index contributed by atoms with van der Waals surface area (Å²) in [7, 11) is 0. The van der Waals surface area contributed by atoms with Gasteiger partial charge in [-0.3, -0.25) is 29.4 Å². The molecule has 0 saturated heterocycles. The van der Waals surface area contributed by atoms with E-state index in [9.17, 15) is 28.4 Å². The standard InChI is InChI=1S/C14H17FN2O4.C13H18ClN3O2/c1-2-21-14(20)10-17(13(19)9-15)16-12(18)8-11-6-4-3-5-7-11;1-13(2,3)10(11(16)18)17-12(19)7-4-5-9(15)8(14)6-7/h3-7H,2,8-10H2,1H3,(H,16,18);4-6,10H,15H2,1-3H3,(H2,16,18)(H,17,19). The van der Waals surface area contributed by atoms with Crippen molar-refractivity contribution >= 4 is 46.9 Å². The van der Waals surface area contributed by atoms with Crippen LogP contribution in [0.4, 0.5) is 10.1 Å². The number of hydrazine groups is 1. The summed E-state index contributed by atoms with van der Waals surface area (Å²) in [5.74, 6) is -3.25. The minimum Gasteiger partial charge on any atom is -0.465 e. The molecule has 0 bridgehead atoms. The second-order valence-corrected chi connectivity index (χ2v) is 9.93. The number of carbonyl (C=O) groups is 5. The Kier molecular flexibility index (Phi) is 13.6. The zero-order valence-electron chi connectivity index (χ0n) is 22.8. The summed E-state index contributed by atoms with van der Waals surface area (Å²) in [5, 5.41) is 3.53. The smallest absolute Gasteiger partial charge is 0.327 e. The Morgan fingerprint density at radius 2 is 1.70 bits per heavy atom. The maximum atomic E-state index is 12.5. The zero-order chi connectivity index (χ0) is 30.5. The topological polar surface area (TPSA) is 174 Å². The van der Waals surface area contributed by atoms with Crippen molar-refractivity contribution in [3.63, 3.8) is 0 Å². The predicted octanol–water partition coefficient (Wildman–Crippen LogP) is 2.17. The third-order valence-electron chi connectivity index (χ3n) is 5.16. The lowest BCUT2D eigenvalue weighted by atomic mass is 9.86. The van der Waals surface area contributed by atoms with Gasteiger partial charge in [0.15, 0.2) is 6.67 Å². The number of hydrogen-bond donors (Lipinski definition) is 4. The lowest BCUT2D eigenvalue weighted by Gasteiger charge is -2.28. The Balaban J connectivity index is 0.000000402. The van der Waals surface area contributed by atoms with Crippen molar-refractivity contribution in [3.05, 3.63) is 64.7 Å². The monoisotopic (exact) mass is 579 g/mol. The Labute approximate surface area is 237 Å². The van der Waals surface area contributed by atoms with Crippen LogP contribution in [0.5, 0.6) is 0 Å². The van der Waals surface area contributed by atoms with Crippen molar-refractivity contribution in [2.24, 2.45) is 11.1 Å². The highest BCUT2D eigenvalue weighted by Crippen LogP contribution is 2.22. The average molecular weight is 580 g/mol. The largest absolute Gasteiger partial charge is 0.465 e. The molecular weight excluding hydrogens is 545 g/mol. The van der Waals surface area contributed by atoms with Gasteiger partial charge in [0.25, 0.3) is 11.8 Å². The average Bonchev–Trinajstić information content (AvgIpc) is 2.88. The predicted molar refractivity (Wildman–Crippen MR) is 148 cm³/mol. The molecule has 0 heterocycles. The number of halogens is 2. The molecule has 0 saturated carbocycles. The number of ether oxygens (including phenoxy) is 1. The number of carbonyl (C=O) groups excluding carboxylic acids is 5. The first-order chi connectivity index (χ1) is 18.7. The normalized spacial score (nSPS) is 11.2. The molecule has 4 amide bonds. The molecule has 0 spiro atoms. The van der Waals surface area contributed by atoms with E-state index < -0.39 is 54.3 Å². The van der Waals surface area contributed by atoms with Crippen molar-refractivity contribution in [3.8, 4) is 0 Å². The fourth-order valence-electron chi connectivity index (χ4n) is 3.17. The van der Waals surface area contributed by atoms with Crippen LogP contribution in [-0.2, 0) is 30.3 Å². The van der Waals surface area contributed by atoms with Gasteiger partial charge in [0, 0.05) is 5.56 Å². The highest BCUT2D eigenvalue weighted by atomic mass is 35.5. The molecule has 218 valence electrons. The molecule has 11 nitrogen and oxygen atoms in total. The van der Waals surface area contributed by atoms with Crippen LogP contribution in [0.2, 0.25) is 5.02 Å². The van der Waals surface area contributed by atoms with E-state index in [2.05, 4.69) is 15.5 Å². The number of primary amides is 1. The maximum Gasteiger partial charge on any atom is 0.327 e. The van der Waals surface area contributed by atoms with Crippen LogP contribution < -0.4 is 22.2 Å². The van der Waals surface area contributed by atoms with Crippen LogP contribution in [0.25, 0.3) is 0 Å². The molecule has 2 rings (SSSR count). The van der Waals surface area contributed by atoms with Crippen molar-refractivity contribution in [2.75, 3.05) is 25.6 Å². The Hall–Kier alpha value is -4.19. The summed E-state index contributed by atoms with van der Waals surface area (Å²) in [5.41, 5.74) is 14.1. The Morgan fingerprint density at radius 1 is 1.07 bits per heavy atom. The van der Waals surface area contributed by atoms with E-state index in [0.717, 1.165) is 5.56 Å². The first-order valence-electron chi connectivity index (χ1n) is 12.2. The number of esters is 1. The summed E-state index contributed by atoms with van der Waals surface area (Å²) < 4.78 is 17.1. The zero-order valence-corrected chi connectivity index (χ0v) is 23.6. The van der Waals surface area contributed by atoms with Gasteiger partial charge in [0.05, 0.1) is 23.7 Å². The molecule has 6 N–H and O–H groups in total. The van der Waals surface area contributed by atoms with Crippen molar-refractivity contribution in [1.29, 1.82) is 0 Å². The lowest BCUT2D eigenvalue weighted by Crippen LogP contribution is -2.52. The van der Waals surface area contributed by atoms with E-state index in [0.29, 0.717) is 21.3 Å². The molecular formula is C27H35ClFN5O6. The minimum absolute atomic E-state index is 0.0136. The molecule has 2 aromatic rings. The van der Waals surface area contributed by atoms with Crippen molar-refractivity contribution in [2.45, 2.75) is 40.2 Å². The van der Waals surface area contributed by atoms with E-state index in [4.69, 9.17) is 23.1 Å². The Morgan fingerprint density at radius 3 is 2.20 bits per heavy atom. The van der Waals surface area contributed by atoms with E-state index >= 15 is 0 Å². The van der Waals surface area contributed by atoms with Crippen LogP contribution in [-0.4, -0.2) is 60.5 Å². The SMILES string of the molecule is CC(C)(C)C(NC(=O)c1ccc(N)c(Cl)c1)C(N)=O.CCOC(=O)CN(NC(=O)Cc1ccccc1)C(=O)CF. The molecule has 0 radical (unpaired) electrons. The Bertz CT molecular complexity index is 1190. The lowest BCUT2D eigenvalue weighted by molar-refractivity contribution is -0.153. The van der Waals surface area contributed by atoms with Gasteiger partial charge in [0.1, 0.15) is 12.6 Å². The molecule has 13 heteroatoms. The second kappa shape index (κ2) is 16.0. The van der Waals surface area contributed by atoms with Crippen LogP contribution in [0.1, 0.15) is 43.6 Å². The quantitative estimate of drug-likeness (QED) is 0.200. The van der Waals surface area contributed by atoms with Gasteiger partial charge >= 0.3 is 5.97 Å². The van der Waals surface area contributed by atoms with Gasteiger partial charge in [-0.05, 0) is 36.1 Å². The molecule has 0 aliphatic carbocycles. The van der Waals surface area contributed by atoms with E-state index in [-0.39, 0.29) is 13.0 Å². The summed E-state index contributed by atoms with van der Waals surface area (Å²) in [6.07, 6.45) is 0.0136. The van der Waals surface area contributed by atoms with E-state index in [1.165, 1.54) is 18.2 Å². The first-order valence-corrected chi connectivity index (χ1v) is 12.6. The van der Waals surface area contributed by atoms with E-state index in [1.54, 1.807) is 37.3 Å². The molecule has 1 unspecified atom stereocenters. The highest BCUT2D eigenvalue weighted by Gasteiger charge is 2.31. The van der Waals surface area contributed by atoms with Crippen molar-refractivity contribution in [1.82, 2.24) is 15.8 Å². The highest BCUT2D eigenvalue weighted by molar-refractivity contribution is 6.33. The van der Waals surface area contributed by atoms with Crippen LogP contribution in [0.3, 0.4) is 0 Å². The molecule has 40 heavy (non-hydrogen) atoms. The number of anilines is 1. The second-order valence-electron chi connectivity index (χ2n) is 9.53. The fourth-order valence-corrected chi connectivity index (χ4v) is 3.35. The number of nitrogen functional groups attached to an aromatic ring is 1. The number of amides is 4. The number of alkyl halides is 1. The van der Waals surface area contributed by atoms with Crippen LogP contribution in [0, 0.1) is 5.41 Å². The van der Waals surface area contributed by atoms with Crippen LogP contribution >= 0.6 is 11.6 Å². The first kappa shape index (κ1) is 33.8. The van der Waals surface area contributed by atoms with Gasteiger partial charge in [-0.1, -0.05) is 62.7 Å². The third-order valence-corrected chi connectivity index (χ3v) is 5.49. The number of nitrogens with one attached hydrogen (secondary N) is 2. The molecule has 1 atom stereocenters. The third kappa shape index (κ3) is 11.7. The molecule has 2 aromatic carbocycles. The van der Waals surface area contributed by atoms with Gasteiger partial charge in [-0.15, -0.1) is 0 Å². The minimum atomic E-state index is -1.31. The number of hydrogen-bond acceptors (Lipinski definition) is 7. The van der Waals surface area contributed by atoms with Gasteiger partial charge < -0.3 is 21.5 Å².